The fourth-order valence-electron chi connectivity index (χ4n) is 1.85. The normalized spacial score (nSPS) is 12.0. The van der Waals surface area contributed by atoms with Gasteiger partial charge in [0.2, 0.25) is 0 Å². The lowest BCUT2D eigenvalue weighted by Gasteiger charge is -2.11. The second kappa shape index (κ2) is 6.59. The molecule has 0 aliphatic rings. The van der Waals surface area contributed by atoms with Gasteiger partial charge in [0.1, 0.15) is 5.56 Å². The third-order valence-electron chi connectivity index (χ3n) is 3.30. The topological polar surface area (TPSA) is 62.0 Å². The van der Waals surface area contributed by atoms with Crippen LogP contribution in [0, 0.1) is 0 Å². The summed E-state index contributed by atoms with van der Waals surface area (Å²) in [4.78, 5) is 26.8. The number of nitrogens with one attached hydrogen (secondary N) is 2. The number of halogens is 1. The lowest BCUT2D eigenvalue weighted by molar-refractivity contribution is 0.0938. The minimum Gasteiger partial charge on any atom is -0.349 e. The van der Waals surface area contributed by atoms with E-state index in [9.17, 15) is 9.59 Å². The van der Waals surface area contributed by atoms with E-state index < -0.39 is 5.56 Å². The molecule has 21 heavy (non-hydrogen) atoms. The molecule has 0 aliphatic heterocycles. The van der Waals surface area contributed by atoms with Gasteiger partial charge in [0.25, 0.3) is 11.5 Å². The van der Waals surface area contributed by atoms with Crippen molar-refractivity contribution >= 4 is 17.5 Å². The van der Waals surface area contributed by atoms with Crippen LogP contribution in [0.4, 0.5) is 0 Å². The van der Waals surface area contributed by atoms with Crippen molar-refractivity contribution in [1.29, 1.82) is 0 Å². The number of amides is 1. The summed E-state index contributed by atoms with van der Waals surface area (Å²) in [7, 11) is 0. The molecule has 0 saturated carbocycles. The summed E-state index contributed by atoms with van der Waals surface area (Å²) in [6, 6.07) is 10.4. The van der Waals surface area contributed by atoms with Crippen LogP contribution in [0.5, 0.6) is 0 Å². The van der Waals surface area contributed by atoms with Crippen LogP contribution in [-0.2, 0) is 0 Å². The van der Waals surface area contributed by atoms with Crippen LogP contribution >= 0.6 is 11.6 Å². The molecule has 2 aromatic rings. The molecule has 1 heterocycles. The van der Waals surface area contributed by atoms with E-state index in [1.54, 1.807) is 24.3 Å². The monoisotopic (exact) mass is 304 g/mol. The Hall–Kier alpha value is -2.07. The number of carbonyl (C=O) groups excluding carboxylic acids is 1. The van der Waals surface area contributed by atoms with Crippen molar-refractivity contribution in [2.45, 2.75) is 26.3 Å². The first-order valence-electron chi connectivity index (χ1n) is 6.81. The number of rotatable bonds is 4. The van der Waals surface area contributed by atoms with Crippen LogP contribution in [0.25, 0.3) is 11.3 Å². The summed E-state index contributed by atoms with van der Waals surface area (Å²) in [6.07, 6.45) is 0.812. The molecule has 0 radical (unpaired) electrons. The van der Waals surface area contributed by atoms with Gasteiger partial charge in [-0.2, -0.15) is 0 Å². The van der Waals surface area contributed by atoms with Gasteiger partial charge < -0.3 is 10.3 Å². The SMILES string of the molecule is CC[C@@H](C)NC(=O)c1ccc(-c2ccc(Cl)cc2)[nH]c1=O. The summed E-state index contributed by atoms with van der Waals surface area (Å²) >= 11 is 5.83. The molecule has 1 atom stereocenters. The van der Waals surface area contributed by atoms with Crippen LogP contribution in [0.1, 0.15) is 30.6 Å². The van der Waals surface area contributed by atoms with E-state index in [2.05, 4.69) is 10.3 Å². The highest BCUT2D eigenvalue weighted by atomic mass is 35.5. The number of hydrogen-bond acceptors (Lipinski definition) is 2. The van der Waals surface area contributed by atoms with Gasteiger partial charge in [-0.05, 0) is 43.2 Å². The average Bonchev–Trinajstić information content (AvgIpc) is 2.47. The quantitative estimate of drug-likeness (QED) is 0.911. The maximum absolute atomic E-state index is 12.0. The minimum atomic E-state index is -0.400. The Morgan fingerprint density at radius 3 is 2.48 bits per heavy atom. The standard InChI is InChI=1S/C16H17ClN2O2/c1-3-10(2)18-15(20)13-8-9-14(19-16(13)21)11-4-6-12(17)7-5-11/h4-10H,3H2,1-2H3,(H,18,20)(H,19,21)/t10-/m1/s1. The molecule has 110 valence electrons. The highest BCUT2D eigenvalue weighted by molar-refractivity contribution is 6.30. The van der Waals surface area contributed by atoms with Gasteiger partial charge in [0, 0.05) is 16.8 Å². The van der Waals surface area contributed by atoms with Crippen molar-refractivity contribution in [2.75, 3.05) is 0 Å². The first-order valence-corrected chi connectivity index (χ1v) is 7.19. The number of aromatic nitrogens is 1. The zero-order valence-corrected chi connectivity index (χ0v) is 12.7. The molecule has 5 heteroatoms. The summed E-state index contributed by atoms with van der Waals surface area (Å²) < 4.78 is 0. The first kappa shape index (κ1) is 15.3. The van der Waals surface area contributed by atoms with E-state index in [1.165, 1.54) is 0 Å². The molecule has 2 N–H and O–H groups in total. The summed E-state index contributed by atoms with van der Waals surface area (Å²) in [5, 5.41) is 3.41. The zero-order chi connectivity index (χ0) is 15.4. The maximum atomic E-state index is 12.0. The van der Waals surface area contributed by atoms with E-state index >= 15 is 0 Å². The molecular formula is C16H17ClN2O2. The van der Waals surface area contributed by atoms with E-state index in [1.807, 2.05) is 26.0 Å². The van der Waals surface area contributed by atoms with Gasteiger partial charge in [0.05, 0.1) is 0 Å². The van der Waals surface area contributed by atoms with Crippen molar-refractivity contribution in [3.05, 3.63) is 57.3 Å². The second-order valence-corrected chi connectivity index (χ2v) is 5.34. The van der Waals surface area contributed by atoms with Crippen molar-refractivity contribution in [2.24, 2.45) is 0 Å². The number of hydrogen-bond donors (Lipinski definition) is 2. The van der Waals surface area contributed by atoms with Crippen LogP contribution in [0.3, 0.4) is 0 Å². The Bertz CT molecular complexity index is 692. The maximum Gasteiger partial charge on any atom is 0.261 e. The fraction of sp³-hybridized carbons (Fsp3) is 0.250. The Kier molecular flexibility index (Phi) is 4.81. The van der Waals surface area contributed by atoms with E-state index in [0.29, 0.717) is 10.7 Å². The number of benzene rings is 1. The van der Waals surface area contributed by atoms with Crippen molar-refractivity contribution in [3.8, 4) is 11.3 Å². The third-order valence-corrected chi connectivity index (χ3v) is 3.55. The van der Waals surface area contributed by atoms with Crippen LogP contribution in [0.15, 0.2) is 41.2 Å². The average molecular weight is 305 g/mol. The van der Waals surface area contributed by atoms with Crippen molar-refractivity contribution < 1.29 is 4.79 Å². The molecule has 0 aliphatic carbocycles. The molecule has 0 unspecified atom stereocenters. The van der Waals surface area contributed by atoms with Gasteiger partial charge in [-0.25, -0.2) is 0 Å². The molecule has 4 nitrogen and oxygen atoms in total. The molecule has 0 saturated heterocycles. The smallest absolute Gasteiger partial charge is 0.261 e. The Morgan fingerprint density at radius 1 is 1.24 bits per heavy atom. The Morgan fingerprint density at radius 2 is 1.90 bits per heavy atom. The second-order valence-electron chi connectivity index (χ2n) is 4.90. The van der Waals surface area contributed by atoms with E-state index in [-0.39, 0.29) is 17.5 Å². The predicted octanol–water partition coefficient (Wildman–Crippen LogP) is 3.22. The van der Waals surface area contributed by atoms with Gasteiger partial charge in [-0.1, -0.05) is 30.7 Å². The molecule has 1 aromatic heterocycles. The number of carbonyl (C=O) groups is 1. The number of aromatic amines is 1. The van der Waals surface area contributed by atoms with Gasteiger partial charge >= 0.3 is 0 Å². The Labute approximate surface area is 128 Å². The van der Waals surface area contributed by atoms with E-state index in [0.717, 1.165) is 12.0 Å². The highest BCUT2D eigenvalue weighted by Gasteiger charge is 2.13. The number of pyridine rings is 1. The van der Waals surface area contributed by atoms with Crippen LogP contribution in [-0.4, -0.2) is 16.9 Å². The van der Waals surface area contributed by atoms with E-state index in [4.69, 9.17) is 11.6 Å². The van der Waals surface area contributed by atoms with Crippen molar-refractivity contribution in [3.63, 3.8) is 0 Å². The molecule has 0 fully saturated rings. The van der Waals surface area contributed by atoms with Gasteiger partial charge in [-0.3, -0.25) is 9.59 Å². The summed E-state index contributed by atoms with van der Waals surface area (Å²) in [5.74, 6) is -0.353. The zero-order valence-electron chi connectivity index (χ0n) is 11.9. The van der Waals surface area contributed by atoms with Gasteiger partial charge in [-0.15, -0.1) is 0 Å². The minimum absolute atomic E-state index is 0.0350. The molecular weight excluding hydrogens is 288 g/mol. The fourth-order valence-corrected chi connectivity index (χ4v) is 1.98. The lowest BCUT2D eigenvalue weighted by atomic mass is 10.1. The van der Waals surface area contributed by atoms with Crippen molar-refractivity contribution in [1.82, 2.24) is 10.3 Å². The third kappa shape index (κ3) is 3.73. The molecule has 0 spiro atoms. The first-order chi connectivity index (χ1) is 10.0. The van der Waals surface area contributed by atoms with Crippen LogP contribution < -0.4 is 10.9 Å². The summed E-state index contributed by atoms with van der Waals surface area (Å²) in [5.41, 5.74) is 1.21. The molecule has 2 rings (SSSR count). The number of H-pyrrole nitrogens is 1. The summed E-state index contributed by atoms with van der Waals surface area (Å²) in [6.45, 7) is 3.87. The highest BCUT2D eigenvalue weighted by Crippen LogP contribution is 2.18. The lowest BCUT2D eigenvalue weighted by Crippen LogP contribution is -2.35. The van der Waals surface area contributed by atoms with Crippen LogP contribution in [0.2, 0.25) is 5.02 Å². The Balaban J connectivity index is 2.27. The van der Waals surface area contributed by atoms with Gasteiger partial charge in [0.15, 0.2) is 0 Å². The largest absolute Gasteiger partial charge is 0.349 e. The molecule has 1 aromatic carbocycles. The predicted molar refractivity (Wildman–Crippen MR) is 84.7 cm³/mol. The molecule has 1 amide bonds. The molecule has 0 bridgehead atoms.